The first-order chi connectivity index (χ1) is 13.0. The maximum atomic E-state index is 5.47. The van der Waals surface area contributed by atoms with E-state index in [0.717, 1.165) is 42.4 Å². The molecule has 4 rings (SSSR count). The lowest BCUT2D eigenvalue weighted by atomic mass is 10.1. The molecule has 0 aliphatic carbocycles. The zero-order valence-corrected chi connectivity index (χ0v) is 16.4. The van der Waals surface area contributed by atoms with Gasteiger partial charge in [0.25, 0.3) is 5.89 Å². The second-order valence-electron chi connectivity index (χ2n) is 7.53. The molecule has 9 heteroatoms. The highest BCUT2D eigenvalue weighted by Crippen LogP contribution is 2.25. The molecule has 1 aliphatic rings. The zero-order chi connectivity index (χ0) is 19.0. The normalized spacial score (nSPS) is 15.3. The second-order valence-corrected chi connectivity index (χ2v) is 7.53. The predicted octanol–water partition coefficient (Wildman–Crippen LogP) is 1.91. The van der Waals surface area contributed by atoms with Crippen LogP contribution in [0.15, 0.2) is 10.9 Å². The molecule has 1 saturated heterocycles. The van der Waals surface area contributed by atoms with Crippen molar-refractivity contribution in [2.75, 3.05) is 13.1 Å². The Bertz CT molecular complexity index is 916. The predicted molar refractivity (Wildman–Crippen MR) is 98.9 cm³/mol. The Morgan fingerprint density at radius 2 is 1.93 bits per heavy atom. The van der Waals surface area contributed by atoms with Gasteiger partial charge in [-0.3, -0.25) is 9.58 Å². The number of likely N-dealkylation sites (tertiary alicyclic amines) is 1. The molecule has 4 heterocycles. The Morgan fingerprint density at radius 3 is 2.63 bits per heavy atom. The lowest BCUT2D eigenvalue weighted by Gasteiger charge is -2.14. The molecule has 144 valence electrons. The van der Waals surface area contributed by atoms with Gasteiger partial charge in [0.2, 0.25) is 0 Å². The minimum atomic E-state index is 0.211. The largest absolute Gasteiger partial charge is 0.337 e. The van der Waals surface area contributed by atoms with Gasteiger partial charge < -0.3 is 9.09 Å². The lowest BCUT2D eigenvalue weighted by molar-refractivity contribution is 0.326. The van der Waals surface area contributed by atoms with E-state index in [4.69, 9.17) is 4.52 Å². The van der Waals surface area contributed by atoms with Crippen LogP contribution in [0.2, 0.25) is 0 Å². The van der Waals surface area contributed by atoms with Crippen LogP contribution in [0.1, 0.15) is 55.5 Å². The summed E-state index contributed by atoms with van der Waals surface area (Å²) in [6, 6.07) is 0. The molecular formula is C18H26N8O. The van der Waals surface area contributed by atoms with Crippen LogP contribution in [-0.4, -0.2) is 52.7 Å². The van der Waals surface area contributed by atoms with Crippen molar-refractivity contribution in [1.82, 2.24) is 39.6 Å². The van der Waals surface area contributed by atoms with E-state index in [1.807, 2.05) is 37.2 Å². The maximum Gasteiger partial charge on any atom is 0.278 e. The van der Waals surface area contributed by atoms with E-state index in [9.17, 15) is 0 Å². The molecule has 1 fully saturated rings. The van der Waals surface area contributed by atoms with Crippen molar-refractivity contribution in [3.8, 4) is 11.6 Å². The monoisotopic (exact) mass is 370 g/mol. The van der Waals surface area contributed by atoms with Gasteiger partial charge in [-0.05, 0) is 25.9 Å². The smallest absolute Gasteiger partial charge is 0.278 e. The van der Waals surface area contributed by atoms with Gasteiger partial charge in [-0.1, -0.05) is 24.2 Å². The van der Waals surface area contributed by atoms with E-state index in [1.165, 1.54) is 12.8 Å². The molecule has 0 saturated carbocycles. The molecule has 1 aliphatic heterocycles. The summed E-state index contributed by atoms with van der Waals surface area (Å²) in [5.74, 6) is 1.37. The van der Waals surface area contributed by atoms with Crippen LogP contribution in [0, 0.1) is 0 Å². The van der Waals surface area contributed by atoms with Crippen LogP contribution < -0.4 is 0 Å². The van der Waals surface area contributed by atoms with Crippen LogP contribution in [0.4, 0.5) is 0 Å². The van der Waals surface area contributed by atoms with Crippen molar-refractivity contribution in [3.05, 3.63) is 29.2 Å². The second kappa shape index (κ2) is 7.22. The summed E-state index contributed by atoms with van der Waals surface area (Å²) in [6.07, 6.45) is 4.97. The van der Waals surface area contributed by atoms with E-state index in [-0.39, 0.29) is 5.92 Å². The Balaban J connectivity index is 1.63. The third-order valence-electron chi connectivity index (χ3n) is 5.15. The molecule has 0 radical (unpaired) electrons. The molecule has 3 aromatic heterocycles. The Kier molecular flexibility index (Phi) is 4.77. The molecule has 0 N–H and O–H groups in total. The maximum absolute atomic E-state index is 5.47. The number of hydrogen-bond acceptors (Lipinski definition) is 7. The Hall–Kier alpha value is -2.55. The van der Waals surface area contributed by atoms with Crippen LogP contribution in [0.5, 0.6) is 0 Å². The number of aromatic nitrogens is 7. The summed E-state index contributed by atoms with van der Waals surface area (Å²) in [5.41, 5.74) is 3.86. The van der Waals surface area contributed by atoms with Crippen molar-refractivity contribution >= 4 is 0 Å². The number of nitrogens with zero attached hydrogens (tertiary/aromatic N) is 8. The molecule has 0 unspecified atom stereocenters. The van der Waals surface area contributed by atoms with Crippen LogP contribution in [-0.2, 0) is 27.1 Å². The lowest BCUT2D eigenvalue weighted by Crippen LogP contribution is -2.20. The molecule has 0 atom stereocenters. The quantitative estimate of drug-likeness (QED) is 0.654. The van der Waals surface area contributed by atoms with Gasteiger partial charge >= 0.3 is 0 Å². The third kappa shape index (κ3) is 3.51. The molecular weight excluding hydrogens is 344 g/mol. The summed E-state index contributed by atoms with van der Waals surface area (Å²) < 4.78 is 9.33. The summed E-state index contributed by atoms with van der Waals surface area (Å²) in [4.78, 5) is 11.5. The Labute approximate surface area is 158 Å². The average molecular weight is 370 g/mol. The number of imidazole rings is 1. The minimum absolute atomic E-state index is 0.211. The first kappa shape index (κ1) is 17.8. The first-order valence-corrected chi connectivity index (χ1v) is 9.47. The van der Waals surface area contributed by atoms with Gasteiger partial charge in [-0.25, -0.2) is 4.98 Å². The van der Waals surface area contributed by atoms with Crippen molar-refractivity contribution in [1.29, 1.82) is 0 Å². The van der Waals surface area contributed by atoms with Crippen molar-refractivity contribution in [2.24, 2.45) is 14.1 Å². The molecule has 0 amide bonds. The van der Waals surface area contributed by atoms with E-state index in [1.54, 1.807) is 6.33 Å². The van der Waals surface area contributed by atoms with Crippen LogP contribution in [0.25, 0.3) is 11.6 Å². The van der Waals surface area contributed by atoms with Crippen LogP contribution >= 0.6 is 0 Å². The van der Waals surface area contributed by atoms with E-state index >= 15 is 0 Å². The van der Waals surface area contributed by atoms with E-state index in [2.05, 4.69) is 30.3 Å². The van der Waals surface area contributed by atoms with Gasteiger partial charge in [-0.2, -0.15) is 4.98 Å². The Morgan fingerprint density at radius 1 is 1.15 bits per heavy atom. The summed E-state index contributed by atoms with van der Waals surface area (Å²) in [7, 11) is 3.92. The summed E-state index contributed by atoms with van der Waals surface area (Å²) in [5, 5.41) is 12.7. The first-order valence-electron chi connectivity index (χ1n) is 9.47. The number of hydrogen-bond donors (Lipinski definition) is 0. The molecule has 0 spiro atoms. The van der Waals surface area contributed by atoms with E-state index in [0.29, 0.717) is 18.1 Å². The fraction of sp³-hybridized carbons (Fsp3) is 0.611. The van der Waals surface area contributed by atoms with Gasteiger partial charge in [-0.15, -0.1) is 5.10 Å². The molecule has 0 aromatic carbocycles. The number of rotatable bonds is 6. The van der Waals surface area contributed by atoms with Gasteiger partial charge in [0, 0.05) is 33.0 Å². The van der Waals surface area contributed by atoms with Gasteiger partial charge in [0.1, 0.15) is 11.4 Å². The average Bonchev–Trinajstić information content (AvgIpc) is 3.40. The fourth-order valence-electron chi connectivity index (χ4n) is 3.48. The number of aryl methyl sites for hydroxylation is 2. The highest BCUT2D eigenvalue weighted by molar-refractivity contribution is 5.52. The van der Waals surface area contributed by atoms with Gasteiger partial charge in [0.05, 0.1) is 17.7 Å². The van der Waals surface area contributed by atoms with Gasteiger partial charge in [0.15, 0.2) is 5.82 Å². The SMILES string of the molecule is CC(C)c1noc(-c2ncn(C)c2Cc2c(CN3CCCC3)nnn2C)n1. The molecule has 9 nitrogen and oxygen atoms in total. The topological polar surface area (TPSA) is 90.7 Å². The third-order valence-corrected chi connectivity index (χ3v) is 5.15. The highest BCUT2D eigenvalue weighted by atomic mass is 16.5. The molecule has 3 aromatic rings. The van der Waals surface area contributed by atoms with Crippen molar-refractivity contribution in [2.45, 2.75) is 45.6 Å². The zero-order valence-electron chi connectivity index (χ0n) is 16.4. The summed E-state index contributed by atoms with van der Waals surface area (Å²) >= 11 is 0. The van der Waals surface area contributed by atoms with Crippen molar-refractivity contribution in [3.63, 3.8) is 0 Å². The highest BCUT2D eigenvalue weighted by Gasteiger charge is 2.23. The molecule has 27 heavy (non-hydrogen) atoms. The standard InChI is InChI=1S/C18H26N8O/c1-12(2)17-20-18(27-22-17)16-15(24(3)11-19-16)9-14-13(21-23-25(14)4)10-26-7-5-6-8-26/h11-12H,5-10H2,1-4H3. The molecule has 0 bridgehead atoms. The van der Waals surface area contributed by atoms with Crippen LogP contribution in [0.3, 0.4) is 0 Å². The van der Waals surface area contributed by atoms with E-state index < -0.39 is 0 Å². The minimum Gasteiger partial charge on any atom is -0.337 e. The summed E-state index contributed by atoms with van der Waals surface area (Å²) in [6.45, 7) is 7.19. The van der Waals surface area contributed by atoms with Crippen molar-refractivity contribution < 1.29 is 4.52 Å². The fourth-order valence-corrected chi connectivity index (χ4v) is 3.48.